The SMILES string of the molecule is CC1C2CC=CC=C2N2C=CN=CC12. The molecule has 2 nitrogen and oxygen atoms in total. The standard InChI is InChI=1S/C12H14N2/c1-9-10-4-2-3-5-11(10)14-7-6-13-8-12(9)14/h2-3,5-10,12H,4H2,1H3. The van der Waals surface area contributed by atoms with E-state index in [0.29, 0.717) is 17.9 Å². The Morgan fingerprint density at radius 1 is 1.50 bits per heavy atom. The number of rotatable bonds is 0. The number of allylic oxidation sites excluding steroid dienone is 4. The van der Waals surface area contributed by atoms with Crippen molar-refractivity contribution in [3.05, 3.63) is 36.3 Å². The van der Waals surface area contributed by atoms with Crippen molar-refractivity contribution < 1.29 is 0 Å². The van der Waals surface area contributed by atoms with Gasteiger partial charge in [0.1, 0.15) is 0 Å². The second kappa shape index (κ2) is 2.84. The summed E-state index contributed by atoms with van der Waals surface area (Å²) in [5, 5.41) is 0. The van der Waals surface area contributed by atoms with E-state index in [1.807, 2.05) is 6.20 Å². The summed E-state index contributed by atoms with van der Waals surface area (Å²) >= 11 is 0. The van der Waals surface area contributed by atoms with E-state index in [1.165, 1.54) is 12.1 Å². The molecule has 0 N–H and O–H groups in total. The summed E-state index contributed by atoms with van der Waals surface area (Å²) in [4.78, 5) is 6.60. The smallest absolute Gasteiger partial charge is 0.0717 e. The van der Waals surface area contributed by atoms with Crippen LogP contribution in [0.15, 0.2) is 41.3 Å². The lowest BCUT2D eigenvalue weighted by atomic mass is 9.86. The maximum absolute atomic E-state index is 4.23. The summed E-state index contributed by atoms with van der Waals surface area (Å²) in [5.41, 5.74) is 1.47. The Bertz CT molecular complexity index is 363. The highest BCUT2D eigenvalue weighted by Crippen LogP contribution is 2.42. The third-order valence-corrected chi connectivity index (χ3v) is 3.52. The number of aliphatic imine (C=N–C) groups is 1. The van der Waals surface area contributed by atoms with E-state index in [1.54, 1.807) is 0 Å². The van der Waals surface area contributed by atoms with Gasteiger partial charge in [-0.2, -0.15) is 0 Å². The minimum atomic E-state index is 0.483. The van der Waals surface area contributed by atoms with Gasteiger partial charge >= 0.3 is 0 Å². The number of fused-ring (bicyclic) bond motifs is 3. The molecule has 3 atom stereocenters. The van der Waals surface area contributed by atoms with Crippen LogP contribution >= 0.6 is 0 Å². The van der Waals surface area contributed by atoms with Crippen molar-refractivity contribution in [3.8, 4) is 0 Å². The van der Waals surface area contributed by atoms with Gasteiger partial charge < -0.3 is 4.90 Å². The van der Waals surface area contributed by atoms with Crippen LogP contribution in [0.25, 0.3) is 0 Å². The molecule has 3 unspecified atom stereocenters. The van der Waals surface area contributed by atoms with Crippen molar-refractivity contribution in [2.75, 3.05) is 0 Å². The van der Waals surface area contributed by atoms with Gasteiger partial charge in [0.2, 0.25) is 0 Å². The molecule has 0 aromatic rings. The monoisotopic (exact) mass is 186 g/mol. The first-order valence-corrected chi connectivity index (χ1v) is 5.23. The maximum Gasteiger partial charge on any atom is 0.0717 e. The molecule has 0 aromatic heterocycles. The highest BCUT2D eigenvalue weighted by Gasteiger charge is 2.41. The molecule has 0 aromatic carbocycles. The zero-order valence-electron chi connectivity index (χ0n) is 8.30. The summed E-state index contributed by atoms with van der Waals surface area (Å²) in [6.45, 7) is 2.33. The topological polar surface area (TPSA) is 15.6 Å². The minimum Gasteiger partial charge on any atom is -0.341 e. The third-order valence-electron chi connectivity index (χ3n) is 3.52. The van der Waals surface area contributed by atoms with E-state index in [-0.39, 0.29) is 0 Å². The lowest BCUT2D eigenvalue weighted by molar-refractivity contribution is 0.403. The highest BCUT2D eigenvalue weighted by atomic mass is 15.2. The molecule has 0 saturated carbocycles. The van der Waals surface area contributed by atoms with Gasteiger partial charge in [-0.25, -0.2) is 0 Å². The fraction of sp³-hybridized carbons (Fsp3) is 0.417. The third kappa shape index (κ3) is 0.939. The van der Waals surface area contributed by atoms with Gasteiger partial charge in [0.25, 0.3) is 0 Å². The van der Waals surface area contributed by atoms with E-state index in [0.717, 1.165) is 0 Å². The fourth-order valence-corrected chi connectivity index (χ4v) is 2.70. The van der Waals surface area contributed by atoms with Gasteiger partial charge in [-0.3, -0.25) is 4.99 Å². The fourth-order valence-electron chi connectivity index (χ4n) is 2.70. The van der Waals surface area contributed by atoms with Gasteiger partial charge in [0.05, 0.1) is 6.04 Å². The number of nitrogens with zero attached hydrogens (tertiary/aromatic N) is 2. The molecule has 3 rings (SSSR count). The van der Waals surface area contributed by atoms with Gasteiger partial charge in [0, 0.05) is 30.2 Å². The molecule has 0 amide bonds. The Balaban J connectivity index is 2.04. The first-order valence-electron chi connectivity index (χ1n) is 5.23. The largest absolute Gasteiger partial charge is 0.341 e. The predicted molar refractivity (Wildman–Crippen MR) is 57.8 cm³/mol. The van der Waals surface area contributed by atoms with Crippen molar-refractivity contribution in [1.82, 2.24) is 4.90 Å². The maximum atomic E-state index is 4.23. The average Bonchev–Trinajstić information content (AvgIpc) is 2.55. The molecule has 2 heteroatoms. The van der Waals surface area contributed by atoms with Crippen LogP contribution in [0.4, 0.5) is 0 Å². The minimum absolute atomic E-state index is 0.483. The first-order chi connectivity index (χ1) is 6.88. The molecule has 1 saturated heterocycles. The summed E-state index contributed by atoms with van der Waals surface area (Å²) in [6, 6.07) is 0.483. The van der Waals surface area contributed by atoms with Crippen LogP contribution < -0.4 is 0 Å². The highest BCUT2D eigenvalue weighted by molar-refractivity contribution is 5.69. The van der Waals surface area contributed by atoms with E-state index in [2.05, 4.69) is 47.5 Å². The molecule has 2 aliphatic heterocycles. The molecule has 0 radical (unpaired) electrons. The second-order valence-electron chi connectivity index (χ2n) is 4.22. The predicted octanol–water partition coefficient (Wildman–Crippen LogP) is 2.32. The van der Waals surface area contributed by atoms with Crippen LogP contribution in [0.1, 0.15) is 13.3 Å². The Kier molecular flexibility index (Phi) is 1.63. The van der Waals surface area contributed by atoms with Crippen molar-refractivity contribution in [1.29, 1.82) is 0 Å². The van der Waals surface area contributed by atoms with E-state index >= 15 is 0 Å². The van der Waals surface area contributed by atoms with Gasteiger partial charge in [-0.05, 0) is 18.4 Å². The van der Waals surface area contributed by atoms with Crippen molar-refractivity contribution >= 4 is 6.21 Å². The summed E-state index contributed by atoms with van der Waals surface area (Å²) < 4.78 is 0. The van der Waals surface area contributed by atoms with Crippen LogP contribution in [0, 0.1) is 11.8 Å². The second-order valence-corrected chi connectivity index (χ2v) is 4.22. The van der Waals surface area contributed by atoms with E-state index in [4.69, 9.17) is 0 Å². The van der Waals surface area contributed by atoms with Crippen molar-refractivity contribution in [2.45, 2.75) is 19.4 Å². The molecule has 1 fully saturated rings. The molecule has 0 spiro atoms. The molecule has 2 heterocycles. The van der Waals surface area contributed by atoms with Crippen LogP contribution in [-0.4, -0.2) is 17.2 Å². The lowest BCUT2D eigenvalue weighted by Crippen LogP contribution is -2.29. The van der Waals surface area contributed by atoms with Crippen LogP contribution in [0.2, 0.25) is 0 Å². The Hall–Kier alpha value is -1.31. The molecular formula is C12H14N2. The van der Waals surface area contributed by atoms with Crippen LogP contribution in [0.3, 0.4) is 0 Å². The molecular weight excluding hydrogens is 172 g/mol. The quantitative estimate of drug-likeness (QED) is 0.567. The van der Waals surface area contributed by atoms with Gasteiger partial charge in [0.15, 0.2) is 0 Å². The van der Waals surface area contributed by atoms with Crippen LogP contribution in [-0.2, 0) is 0 Å². The average molecular weight is 186 g/mol. The van der Waals surface area contributed by atoms with E-state index in [9.17, 15) is 0 Å². The van der Waals surface area contributed by atoms with Crippen LogP contribution in [0.5, 0.6) is 0 Å². The summed E-state index contributed by atoms with van der Waals surface area (Å²) in [5.74, 6) is 1.37. The first kappa shape index (κ1) is 8.04. The number of hydrogen-bond donors (Lipinski definition) is 0. The lowest BCUT2D eigenvalue weighted by Gasteiger charge is -2.24. The molecule has 1 aliphatic carbocycles. The Labute approximate surface area is 84.3 Å². The zero-order valence-corrected chi connectivity index (χ0v) is 8.30. The number of hydrogen-bond acceptors (Lipinski definition) is 2. The Morgan fingerprint density at radius 3 is 3.36 bits per heavy atom. The van der Waals surface area contributed by atoms with Crippen molar-refractivity contribution in [2.24, 2.45) is 16.8 Å². The molecule has 0 bridgehead atoms. The van der Waals surface area contributed by atoms with Gasteiger partial charge in [-0.1, -0.05) is 19.1 Å². The summed E-state index contributed by atoms with van der Waals surface area (Å²) in [7, 11) is 0. The zero-order chi connectivity index (χ0) is 9.54. The summed E-state index contributed by atoms with van der Waals surface area (Å²) in [6.07, 6.45) is 13.9. The molecule has 14 heavy (non-hydrogen) atoms. The Morgan fingerprint density at radius 2 is 2.43 bits per heavy atom. The molecule has 72 valence electrons. The van der Waals surface area contributed by atoms with Crippen molar-refractivity contribution in [3.63, 3.8) is 0 Å². The molecule has 3 aliphatic rings. The normalized spacial score (nSPS) is 38.2. The van der Waals surface area contributed by atoms with E-state index < -0.39 is 0 Å². The van der Waals surface area contributed by atoms with Gasteiger partial charge in [-0.15, -0.1) is 0 Å².